The van der Waals surface area contributed by atoms with Crippen molar-refractivity contribution in [2.45, 2.75) is 13.8 Å². The summed E-state index contributed by atoms with van der Waals surface area (Å²) in [5, 5.41) is 4.01. The van der Waals surface area contributed by atoms with Crippen LogP contribution >= 0.6 is 0 Å². The van der Waals surface area contributed by atoms with Gasteiger partial charge in [-0.05, 0) is 13.8 Å². The Morgan fingerprint density at radius 1 is 1.25 bits per heavy atom. The van der Waals surface area contributed by atoms with Gasteiger partial charge in [0.05, 0.1) is 7.11 Å². The molecule has 0 saturated carbocycles. The standard InChI is InChI=1S/C9H16N6O/c1-6(2)13-14-7-10-8(15(3)4)12-9(11-7)16-5/h1-5H3,(H,10,11,12,14). The second kappa shape index (κ2) is 5.24. The first kappa shape index (κ1) is 12.2. The number of rotatable bonds is 4. The summed E-state index contributed by atoms with van der Waals surface area (Å²) in [4.78, 5) is 14.0. The average molecular weight is 224 g/mol. The average Bonchev–Trinajstić information content (AvgIpc) is 2.25. The molecule has 88 valence electrons. The largest absolute Gasteiger partial charge is 0.467 e. The van der Waals surface area contributed by atoms with Crippen LogP contribution in [0.3, 0.4) is 0 Å². The summed E-state index contributed by atoms with van der Waals surface area (Å²) in [6.45, 7) is 3.75. The van der Waals surface area contributed by atoms with Crippen LogP contribution in [0.25, 0.3) is 0 Å². The number of hydrogen-bond donors (Lipinski definition) is 1. The highest BCUT2D eigenvalue weighted by molar-refractivity contribution is 5.79. The lowest BCUT2D eigenvalue weighted by molar-refractivity contribution is 0.379. The smallest absolute Gasteiger partial charge is 0.322 e. The summed E-state index contributed by atoms with van der Waals surface area (Å²) in [5.74, 6) is 0.870. The lowest BCUT2D eigenvalue weighted by Crippen LogP contribution is -2.15. The Balaban J connectivity index is 2.99. The van der Waals surface area contributed by atoms with E-state index < -0.39 is 0 Å². The molecule has 1 heterocycles. The maximum atomic E-state index is 4.98. The fraction of sp³-hybridized carbons (Fsp3) is 0.556. The normalized spacial score (nSPS) is 9.56. The van der Waals surface area contributed by atoms with Gasteiger partial charge < -0.3 is 9.64 Å². The molecule has 0 unspecified atom stereocenters. The van der Waals surface area contributed by atoms with Gasteiger partial charge in [-0.2, -0.15) is 20.1 Å². The molecule has 0 aliphatic rings. The van der Waals surface area contributed by atoms with Crippen LogP contribution in [0.15, 0.2) is 5.10 Å². The first-order chi connectivity index (χ1) is 7.52. The summed E-state index contributed by atoms with van der Waals surface area (Å²) in [7, 11) is 5.19. The quantitative estimate of drug-likeness (QED) is 0.601. The first-order valence-electron chi connectivity index (χ1n) is 4.77. The third-order valence-electron chi connectivity index (χ3n) is 1.57. The van der Waals surface area contributed by atoms with Crippen LogP contribution in [-0.4, -0.2) is 41.9 Å². The van der Waals surface area contributed by atoms with Crippen molar-refractivity contribution in [2.75, 3.05) is 31.5 Å². The molecule has 0 aliphatic heterocycles. The van der Waals surface area contributed by atoms with Crippen molar-refractivity contribution < 1.29 is 4.74 Å². The maximum absolute atomic E-state index is 4.98. The zero-order valence-electron chi connectivity index (χ0n) is 10.1. The molecule has 0 bridgehead atoms. The molecule has 0 spiro atoms. The molecule has 7 heteroatoms. The zero-order chi connectivity index (χ0) is 12.1. The first-order valence-corrected chi connectivity index (χ1v) is 4.77. The van der Waals surface area contributed by atoms with E-state index in [1.54, 1.807) is 4.90 Å². The van der Waals surface area contributed by atoms with Gasteiger partial charge in [-0.15, -0.1) is 0 Å². The van der Waals surface area contributed by atoms with Gasteiger partial charge in [0, 0.05) is 19.8 Å². The topological polar surface area (TPSA) is 75.5 Å². The Kier molecular flexibility index (Phi) is 3.98. The number of hydrogen-bond acceptors (Lipinski definition) is 7. The predicted molar refractivity (Wildman–Crippen MR) is 63.1 cm³/mol. The van der Waals surface area contributed by atoms with E-state index in [9.17, 15) is 0 Å². The number of nitrogens with zero attached hydrogens (tertiary/aromatic N) is 5. The summed E-state index contributed by atoms with van der Waals surface area (Å²) in [6, 6.07) is 0.255. The van der Waals surface area contributed by atoms with Gasteiger partial charge in [-0.3, -0.25) is 0 Å². The molecule has 1 aromatic rings. The molecule has 1 rings (SSSR count). The van der Waals surface area contributed by atoms with E-state index in [0.717, 1.165) is 5.71 Å². The van der Waals surface area contributed by atoms with E-state index in [1.165, 1.54) is 7.11 Å². The second-order valence-corrected chi connectivity index (χ2v) is 3.51. The van der Waals surface area contributed by atoms with E-state index in [4.69, 9.17) is 4.74 Å². The molecule has 0 atom stereocenters. The number of methoxy groups -OCH3 is 1. The number of ether oxygens (including phenoxy) is 1. The van der Waals surface area contributed by atoms with Crippen LogP contribution in [0, 0.1) is 0 Å². The zero-order valence-corrected chi connectivity index (χ0v) is 10.1. The minimum absolute atomic E-state index is 0.255. The van der Waals surface area contributed by atoms with E-state index in [1.807, 2.05) is 27.9 Å². The molecule has 7 nitrogen and oxygen atoms in total. The number of hydrazone groups is 1. The molecule has 0 fully saturated rings. The van der Waals surface area contributed by atoms with E-state index >= 15 is 0 Å². The molecule has 0 saturated heterocycles. The monoisotopic (exact) mass is 224 g/mol. The van der Waals surface area contributed by atoms with Crippen molar-refractivity contribution in [3.05, 3.63) is 0 Å². The summed E-state index contributed by atoms with van der Waals surface area (Å²) >= 11 is 0. The van der Waals surface area contributed by atoms with Gasteiger partial charge in [0.1, 0.15) is 0 Å². The van der Waals surface area contributed by atoms with Gasteiger partial charge in [0.15, 0.2) is 0 Å². The van der Waals surface area contributed by atoms with E-state index in [0.29, 0.717) is 11.9 Å². The second-order valence-electron chi connectivity index (χ2n) is 3.51. The van der Waals surface area contributed by atoms with Crippen LogP contribution in [-0.2, 0) is 0 Å². The van der Waals surface area contributed by atoms with Crippen molar-refractivity contribution in [1.29, 1.82) is 0 Å². The highest BCUT2D eigenvalue weighted by atomic mass is 16.5. The van der Waals surface area contributed by atoms with Gasteiger partial charge in [-0.1, -0.05) is 0 Å². The number of nitrogens with one attached hydrogen (secondary N) is 1. The SMILES string of the molecule is COc1nc(NN=C(C)C)nc(N(C)C)n1. The molecule has 0 aliphatic carbocycles. The Labute approximate surface area is 94.6 Å². The summed E-state index contributed by atoms with van der Waals surface area (Å²) < 4.78 is 4.98. The van der Waals surface area contributed by atoms with Gasteiger partial charge >= 0.3 is 6.01 Å². The van der Waals surface area contributed by atoms with Gasteiger partial charge in [-0.25, -0.2) is 5.43 Å². The Bertz CT molecular complexity index is 386. The van der Waals surface area contributed by atoms with Crippen LogP contribution in [0.5, 0.6) is 6.01 Å². The van der Waals surface area contributed by atoms with Crippen LogP contribution < -0.4 is 15.1 Å². The molecule has 0 aromatic carbocycles. The van der Waals surface area contributed by atoms with Crippen molar-refractivity contribution in [2.24, 2.45) is 5.10 Å². The molecule has 0 radical (unpaired) electrons. The van der Waals surface area contributed by atoms with E-state index in [2.05, 4.69) is 25.5 Å². The summed E-state index contributed by atoms with van der Waals surface area (Å²) in [5.41, 5.74) is 3.61. The molecule has 16 heavy (non-hydrogen) atoms. The number of aromatic nitrogens is 3. The van der Waals surface area contributed by atoms with Gasteiger partial charge in [0.25, 0.3) is 5.95 Å². The highest BCUT2D eigenvalue weighted by Gasteiger charge is 2.07. The van der Waals surface area contributed by atoms with Crippen LogP contribution in [0.1, 0.15) is 13.8 Å². The molecular formula is C9H16N6O. The highest BCUT2D eigenvalue weighted by Crippen LogP contribution is 2.12. The summed E-state index contributed by atoms with van der Waals surface area (Å²) in [6.07, 6.45) is 0. The molecule has 0 amide bonds. The lowest BCUT2D eigenvalue weighted by Gasteiger charge is -2.11. The number of anilines is 2. The van der Waals surface area contributed by atoms with Crippen molar-refractivity contribution in [1.82, 2.24) is 15.0 Å². The van der Waals surface area contributed by atoms with Crippen molar-refractivity contribution >= 4 is 17.6 Å². The Morgan fingerprint density at radius 3 is 2.44 bits per heavy atom. The lowest BCUT2D eigenvalue weighted by atomic mass is 10.5. The third-order valence-corrected chi connectivity index (χ3v) is 1.57. The molecule has 1 aromatic heterocycles. The Morgan fingerprint density at radius 2 is 1.94 bits per heavy atom. The van der Waals surface area contributed by atoms with Crippen molar-refractivity contribution in [3.63, 3.8) is 0 Å². The fourth-order valence-electron chi connectivity index (χ4n) is 0.849. The minimum atomic E-state index is 0.255. The Hall–Kier alpha value is -1.92. The van der Waals surface area contributed by atoms with Gasteiger partial charge in [0.2, 0.25) is 5.95 Å². The van der Waals surface area contributed by atoms with Crippen molar-refractivity contribution in [3.8, 4) is 6.01 Å². The molecule has 1 N–H and O–H groups in total. The minimum Gasteiger partial charge on any atom is -0.467 e. The van der Waals surface area contributed by atoms with E-state index in [-0.39, 0.29) is 6.01 Å². The maximum Gasteiger partial charge on any atom is 0.322 e. The third kappa shape index (κ3) is 3.34. The van der Waals surface area contributed by atoms with Crippen LogP contribution in [0.4, 0.5) is 11.9 Å². The fourth-order valence-corrected chi connectivity index (χ4v) is 0.849. The molecular weight excluding hydrogens is 208 g/mol. The predicted octanol–water partition coefficient (Wildman–Crippen LogP) is 0.754. The van der Waals surface area contributed by atoms with Crippen LogP contribution in [0.2, 0.25) is 0 Å².